The molecular formula is C16H12F2N2O5. The van der Waals surface area contributed by atoms with Gasteiger partial charge in [-0.25, -0.2) is 8.78 Å². The standard InChI is InChI=1S/C16H12F2N2O5/c1-9(21)12-4-3-11(7-14(12)18)25-8-16(22)19-15-6-10(20(23)24)2-5-13(15)17/h2-7H,8H2,1H3,(H,19,22). The first-order valence-corrected chi connectivity index (χ1v) is 6.95. The first-order valence-electron chi connectivity index (χ1n) is 6.95. The summed E-state index contributed by atoms with van der Waals surface area (Å²) in [5, 5.41) is 12.8. The fourth-order valence-corrected chi connectivity index (χ4v) is 1.93. The molecule has 0 unspecified atom stereocenters. The van der Waals surface area contributed by atoms with Crippen molar-refractivity contribution >= 4 is 23.1 Å². The predicted molar refractivity (Wildman–Crippen MR) is 83.6 cm³/mol. The summed E-state index contributed by atoms with van der Waals surface area (Å²) in [7, 11) is 0. The van der Waals surface area contributed by atoms with Gasteiger partial charge in [-0.15, -0.1) is 0 Å². The van der Waals surface area contributed by atoms with Crippen LogP contribution in [0.1, 0.15) is 17.3 Å². The molecule has 130 valence electrons. The molecule has 0 saturated heterocycles. The monoisotopic (exact) mass is 350 g/mol. The molecule has 9 heteroatoms. The van der Waals surface area contributed by atoms with E-state index >= 15 is 0 Å². The molecular weight excluding hydrogens is 338 g/mol. The lowest BCUT2D eigenvalue weighted by molar-refractivity contribution is -0.384. The van der Waals surface area contributed by atoms with Gasteiger partial charge < -0.3 is 10.1 Å². The molecule has 0 spiro atoms. The Morgan fingerprint density at radius 3 is 2.48 bits per heavy atom. The number of anilines is 1. The molecule has 0 aromatic heterocycles. The van der Waals surface area contributed by atoms with Gasteiger partial charge in [0.05, 0.1) is 16.2 Å². The predicted octanol–water partition coefficient (Wildman–Crippen LogP) is 3.09. The zero-order chi connectivity index (χ0) is 18.6. The normalized spacial score (nSPS) is 10.2. The van der Waals surface area contributed by atoms with Crippen molar-refractivity contribution in [3.63, 3.8) is 0 Å². The lowest BCUT2D eigenvalue weighted by Gasteiger charge is -2.09. The minimum atomic E-state index is -0.851. The van der Waals surface area contributed by atoms with Crippen LogP contribution in [0.25, 0.3) is 0 Å². The van der Waals surface area contributed by atoms with E-state index in [0.717, 1.165) is 24.3 Å². The second-order valence-corrected chi connectivity index (χ2v) is 4.96. The molecule has 2 aromatic carbocycles. The van der Waals surface area contributed by atoms with Crippen molar-refractivity contribution in [1.82, 2.24) is 0 Å². The van der Waals surface area contributed by atoms with Crippen LogP contribution in [0.15, 0.2) is 36.4 Å². The Hall–Kier alpha value is -3.36. The van der Waals surface area contributed by atoms with Crippen LogP contribution < -0.4 is 10.1 Å². The van der Waals surface area contributed by atoms with E-state index in [4.69, 9.17) is 4.74 Å². The Labute approximate surface area is 140 Å². The number of hydrogen-bond donors (Lipinski definition) is 1. The molecule has 0 atom stereocenters. The van der Waals surface area contributed by atoms with Crippen molar-refractivity contribution in [1.29, 1.82) is 0 Å². The van der Waals surface area contributed by atoms with Crippen molar-refractivity contribution in [3.05, 3.63) is 63.7 Å². The largest absolute Gasteiger partial charge is 0.484 e. The van der Waals surface area contributed by atoms with Gasteiger partial charge in [0.25, 0.3) is 11.6 Å². The van der Waals surface area contributed by atoms with E-state index in [2.05, 4.69) is 5.32 Å². The highest BCUT2D eigenvalue weighted by Gasteiger charge is 2.14. The number of ether oxygens (including phenoxy) is 1. The summed E-state index contributed by atoms with van der Waals surface area (Å²) >= 11 is 0. The van der Waals surface area contributed by atoms with E-state index in [1.54, 1.807) is 0 Å². The highest BCUT2D eigenvalue weighted by molar-refractivity contribution is 5.94. The van der Waals surface area contributed by atoms with Crippen LogP contribution in [0.5, 0.6) is 5.75 Å². The molecule has 7 nitrogen and oxygen atoms in total. The van der Waals surface area contributed by atoms with Crippen molar-refractivity contribution in [2.45, 2.75) is 6.92 Å². The Morgan fingerprint density at radius 2 is 1.88 bits per heavy atom. The van der Waals surface area contributed by atoms with Crippen molar-refractivity contribution in [2.75, 3.05) is 11.9 Å². The molecule has 0 fully saturated rings. The fourth-order valence-electron chi connectivity index (χ4n) is 1.93. The lowest BCUT2D eigenvalue weighted by atomic mass is 10.1. The van der Waals surface area contributed by atoms with Crippen LogP contribution in [-0.2, 0) is 4.79 Å². The van der Waals surface area contributed by atoms with E-state index in [0.29, 0.717) is 0 Å². The molecule has 0 heterocycles. The maximum atomic E-state index is 13.6. The summed E-state index contributed by atoms with van der Waals surface area (Å²) in [5.41, 5.74) is -0.879. The van der Waals surface area contributed by atoms with E-state index in [1.165, 1.54) is 19.1 Å². The minimum Gasteiger partial charge on any atom is -0.484 e. The number of carbonyl (C=O) groups excluding carboxylic acids is 2. The van der Waals surface area contributed by atoms with E-state index < -0.39 is 34.9 Å². The molecule has 2 rings (SSSR count). The number of nitrogens with zero attached hydrogens (tertiary/aromatic N) is 1. The first-order chi connectivity index (χ1) is 11.8. The van der Waals surface area contributed by atoms with Gasteiger partial charge in [0.15, 0.2) is 12.4 Å². The smallest absolute Gasteiger partial charge is 0.271 e. The third-order valence-corrected chi connectivity index (χ3v) is 3.12. The molecule has 2 aromatic rings. The summed E-state index contributed by atoms with van der Waals surface area (Å²) in [6, 6.07) is 6.14. The van der Waals surface area contributed by atoms with E-state index in [-0.39, 0.29) is 22.7 Å². The first kappa shape index (κ1) is 18.0. The Balaban J connectivity index is 2.02. The summed E-state index contributed by atoms with van der Waals surface area (Å²) in [5.74, 6) is -2.90. The maximum Gasteiger partial charge on any atom is 0.271 e. The van der Waals surface area contributed by atoms with Crippen LogP contribution in [0.2, 0.25) is 0 Å². The van der Waals surface area contributed by atoms with Gasteiger partial charge in [-0.05, 0) is 25.1 Å². The number of halogens is 2. The summed E-state index contributed by atoms with van der Waals surface area (Å²) in [6.07, 6.45) is 0. The Kier molecular flexibility index (Phi) is 5.38. The average Bonchev–Trinajstić information content (AvgIpc) is 2.54. The van der Waals surface area contributed by atoms with Crippen LogP contribution in [0.3, 0.4) is 0 Å². The second-order valence-electron chi connectivity index (χ2n) is 4.96. The van der Waals surface area contributed by atoms with Gasteiger partial charge in [0, 0.05) is 18.2 Å². The minimum absolute atomic E-state index is 0.00263. The molecule has 0 bridgehead atoms. The maximum absolute atomic E-state index is 13.6. The van der Waals surface area contributed by atoms with Crippen LogP contribution in [-0.4, -0.2) is 23.2 Å². The van der Waals surface area contributed by atoms with Crippen LogP contribution in [0, 0.1) is 21.7 Å². The number of nitro benzene ring substituents is 1. The van der Waals surface area contributed by atoms with Gasteiger partial charge in [0.2, 0.25) is 0 Å². The number of Topliss-reactive ketones (excluding diaryl/α,β-unsaturated/α-hetero) is 1. The lowest BCUT2D eigenvalue weighted by Crippen LogP contribution is -2.21. The SMILES string of the molecule is CC(=O)c1ccc(OCC(=O)Nc2cc([N+](=O)[O-])ccc2F)cc1F. The number of benzene rings is 2. The molecule has 0 aliphatic rings. The molecule has 25 heavy (non-hydrogen) atoms. The van der Waals surface area contributed by atoms with Crippen molar-refractivity contribution in [3.8, 4) is 5.75 Å². The number of carbonyl (C=O) groups is 2. The van der Waals surface area contributed by atoms with Gasteiger partial charge in [0.1, 0.15) is 17.4 Å². The summed E-state index contributed by atoms with van der Waals surface area (Å²) in [4.78, 5) is 32.8. The zero-order valence-electron chi connectivity index (χ0n) is 12.9. The number of nitro groups is 1. The Morgan fingerprint density at radius 1 is 1.16 bits per heavy atom. The van der Waals surface area contributed by atoms with Gasteiger partial charge in [-0.1, -0.05) is 0 Å². The summed E-state index contributed by atoms with van der Waals surface area (Å²) in [6.45, 7) is 0.626. The average molecular weight is 350 g/mol. The molecule has 1 amide bonds. The van der Waals surface area contributed by atoms with Crippen LogP contribution >= 0.6 is 0 Å². The van der Waals surface area contributed by atoms with Crippen molar-refractivity contribution < 1.29 is 28.0 Å². The van der Waals surface area contributed by atoms with Gasteiger partial charge in [-0.2, -0.15) is 0 Å². The molecule has 1 N–H and O–H groups in total. The van der Waals surface area contributed by atoms with E-state index in [9.17, 15) is 28.5 Å². The molecule has 0 radical (unpaired) electrons. The number of ketones is 1. The third kappa shape index (κ3) is 4.56. The highest BCUT2D eigenvalue weighted by atomic mass is 19.1. The van der Waals surface area contributed by atoms with Crippen molar-refractivity contribution in [2.24, 2.45) is 0 Å². The van der Waals surface area contributed by atoms with E-state index in [1.807, 2.05) is 0 Å². The molecule has 0 aliphatic heterocycles. The number of hydrogen-bond acceptors (Lipinski definition) is 5. The number of nitrogens with one attached hydrogen (secondary N) is 1. The quantitative estimate of drug-likeness (QED) is 0.490. The third-order valence-electron chi connectivity index (χ3n) is 3.12. The zero-order valence-corrected chi connectivity index (χ0v) is 12.9. The summed E-state index contributed by atoms with van der Waals surface area (Å²) < 4.78 is 32.3. The topological polar surface area (TPSA) is 98.5 Å². The Bertz CT molecular complexity index is 854. The molecule has 0 saturated carbocycles. The number of non-ortho nitro benzene ring substituents is 1. The number of rotatable bonds is 6. The van der Waals surface area contributed by atoms with Gasteiger partial charge in [-0.3, -0.25) is 19.7 Å². The second kappa shape index (κ2) is 7.47. The molecule has 0 aliphatic carbocycles. The fraction of sp³-hybridized carbons (Fsp3) is 0.125. The highest BCUT2D eigenvalue weighted by Crippen LogP contribution is 2.21. The van der Waals surface area contributed by atoms with Crippen LogP contribution in [0.4, 0.5) is 20.2 Å². The van der Waals surface area contributed by atoms with Gasteiger partial charge >= 0.3 is 0 Å². The number of amides is 1.